The first-order valence-corrected chi connectivity index (χ1v) is 7.63. The van der Waals surface area contributed by atoms with Gasteiger partial charge in [-0.3, -0.25) is 0 Å². The Morgan fingerprint density at radius 1 is 1.20 bits per heavy atom. The second kappa shape index (κ2) is 6.81. The first kappa shape index (κ1) is 15.6. The Labute approximate surface area is 136 Å². The highest BCUT2D eigenvalue weighted by atomic mass is 79.9. The van der Waals surface area contributed by atoms with Gasteiger partial charge in [-0.2, -0.15) is 0 Å². The van der Waals surface area contributed by atoms with Gasteiger partial charge in [-0.1, -0.05) is 51.3 Å². The van der Waals surface area contributed by atoms with Gasteiger partial charge in [0.15, 0.2) is 0 Å². The predicted octanol–water partition coefficient (Wildman–Crippen LogP) is 5.24. The third-order valence-corrected chi connectivity index (χ3v) is 4.17. The quantitative estimate of drug-likeness (QED) is 0.792. The molecule has 0 aliphatic carbocycles. The summed E-state index contributed by atoms with van der Waals surface area (Å²) in [5.41, 5.74) is 1.20. The van der Waals surface area contributed by atoms with Crippen molar-refractivity contribution in [2.75, 3.05) is 6.61 Å². The summed E-state index contributed by atoms with van der Waals surface area (Å²) >= 11 is 15.6. The predicted molar refractivity (Wildman–Crippen MR) is 85.8 cm³/mol. The molecule has 0 saturated heterocycles. The van der Waals surface area contributed by atoms with Crippen LogP contribution >= 0.6 is 39.1 Å². The molecule has 0 saturated carbocycles. The maximum Gasteiger partial charge on any atom is 0.125 e. The summed E-state index contributed by atoms with van der Waals surface area (Å²) in [5.74, 6) is 0.624. The van der Waals surface area contributed by atoms with E-state index >= 15 is 0 Å². The van der Waals surface area contributed by atoms with E-state index in [1.807, 2.05) is 25.1 Å². The van der Waals surface area contributed by atoms with Gasteiger partial charge in [0.2, 0.25) is 0 Å². The monoisotopic (exact) mass is 374 g/mol. The first-order chi connectivity index (χ1) is 9.54. The molecule has 0 radical (unpaired) electrons. The Kier molecular flexibility index (Phi) is 5.33. The fraction of sp³-hybridized carbons (Fsp3) is 0.200. The van der Waals surface area contributed by atoms with E-state index in [1.165, 1.54) is 0 Å². The summed E-state index contributed by atoms with van der Waals surface area (Å²) in [4.78, 5) is 0. The van der Waals surface area contributed by atoms with E-state index in [-0.39, 0.29) is 0 Å². The minimum Gasteiger partial charge on any atom is -0.493 e. The lowest BCUT2D eigenvalue weighted by molar-refractivity contribution is 0.212. The number of benzene rings is 2. The van der Waals surface area contributed by atoms with Crippen LogP contribution in [0.25, 0.3) is 0 Å². The molecule has 0 amide bonds. The third kappa shape index (κ3) is 3.29. The number of ether oxygens (including phenoxy) is 1. The van der Waals surface area contributed by atoms with E-state index in [0.29, 0.717) is 33.5 Å². The van der Waals surface area contributed by atoms with Crippen LogP contribution in [0.5, 0.6) is 5.75 Å². The summed E-state index contributed by atoms with van der Waals surface area (Å²) in [7, 11) is 0. The van der Waals surface area contributed by atoms with E-state index in [0.717, 1.165) is 4.47 Å². The molecule has 1 N–H and O–H groups in total. The Bertz CT molecular complexity index is 617. The first-order valence-electron chi connectivity index (χ1n) is 6.08. The lowest BCUT2D eigenvalue weighted by Gasteiger charge is -2.18. The SMILES string of the molecule is CCOc1ccc(Br)cc1C(O)c1cccc(Cl)c1Cl. The number of hydrogen-bond donors (Lipinski definition) is 1. The number of aliphatic hydroxyl groups is 1. The van der Waals surface area contributed by atoms with Crippen molar-refractivity contribution in [3.8, 4) is 5.75 Å². The van der Waals surface area contributed by atoms with Gasteiger partial charge in [0.25, 0.3) is 0 Å². The molecular weight excluding hydrogens is 363 g/mol. The maximum absolute atomic E-state index is 10.6. The number of halogens is 3. The Balaban J connectivity index is 2.49. The van der Waals surface area contributed by atoms with E-state index < -0.39 is 6.10 Å². The van der Waals surface area contributed by atoms with Crippen molar-refractivity contribution in [2.24, 2.45) is 0 Å². The van der Waals surface area contributed by atoms with E-state index in [2.05, 4.69) is 15.9 Å². The molecule has 5 heteroatoms. The van der Waals surface area contributed by atoms with Gasteiger partial charge in [0.1, 0.15) is 11.9 Å². The van der Waals surface area contributed by atoms with Crippen LogP contribution in [0.3, 0.4) is 0 Å². The average Bonchev–Trinajstić information content (AvgIpc) is 2.43. The van der Waals surface area contributed by atoms with Crippen LogP contribution in [0.1, 0.15) is 24.2 Å². The molecule has 2 rings (SSSR count). The van der Waals surface area contributed by atoms with Gasteiger partial charge < -0.3 is 9.84 Å². The van der Waals surface area contributed by atoms with E-state index in [9.17, 15) is 5.11 Å². The highest BCUT2D eigenvalue weighted by Crippen LogP contribution is 2.37. The molecule has 1 atom stereocenters. The topological polar surface area (TPSA) is 29.5 Å². The van der Waals surface area contributed by atoms with Crippen molar-refractivity contribution in [1.82, 2.24) is 0 Å². The molecular formula is C15H13BrCl2O2. The molecule has 0 aliphatic heterocycles. The van der Waals surface area contributed by atoms with Crippen LogP contribution in [0.4, 0.5) is 0 Å². The van der Waals surface area contributed by atoms with Gasteiger partial charge in [-0.05, 0) is 31.2 Å². The zero-order valence-corrected chi connectivity index (χ0v) is 13.8. The lowest BCUT2D eigenvalue weighted by Crippen LogP contribution is -2.05. The normalized spacial score (nSPS) is 12.2. The highest BCUT2D eigenvalue weighted by Gasteiger charge is 2.19. The maximum atomic E-state index is 10.6. The minimum atomic E-state index is -0.903. The largest absolute Gasteiger partial charge is 0.493 e. The molecule has 0 aromatic heterocycles. The second-order valence-electron chi connectivity index (χ2n) is 4.16. The molecule has 2 aromatic rings. The fourth-order valence-electron chi connectivity index (χ4n) is 1.92. The van der Waals surface area contributed by atoms with Gasteiger partial charge in [-0.25, -0.2) is 0 Å². The summed E-state index contributed by atoms with van der Waals surface area (Å²) in [6.07, 6.45) is -0.903. The van der Waals surface area contributed by atoms with Gasteiger partial charge in [0, 0.05) is 15.6 Å². The van der Waals surface area contributed by atoms with Crippen LogP contribution in [0.15, 0.2) is 40.9 Å². The molecule has 20 heavy (non-hydrogen) atoms. The third-order valence-electron chi connectivity index (χ3n) is 2.84. The van der Waals surface area contributed by atoms with Crippen LogP contribution in [0, 0.1) is 0 Å². The average molecular weight is 376 g/mol. The Morgan fingerprint density at radius 2 is 1.95 bits per heavy atom. The Hall–Kier alpha value is -0.740. The molecule has 2 nitrogen and oxygen atoms in total. The van der Waals surface area contributed by atoms with Crippen molar-refractivity contribution >= 4 is 39.1 Å². The van der Waals surface area contributed by atoms with E-state index in [1.54, 1.807) is 18.2 Å². The summed E-state index contributed by atoms with van der Waals surface area (Å²) in [5, 5.41) is 11.3. The van der Waals surface area contributed by atoms with Crippen molar-refractivity contribution in [1.29, 1.82) is 0 Å². The van der Waals surface area contributed by atoms with E-state index in [4.69, 9.17) is 27.9 Å². The highest BCUT2D eigenvalue weighted by molar-refractivity contribution is 9.10. The molecule has 106 valence electrons. The molecule has 0 heterocycles. The number of hydrogen-bond acceptors (Lipinski definition) is 2. The zero-order valence-electron chi connectivity index (χ0n) is 10.7. The van der Waals surface area contributed by atoms with Crippen LogP contribution in [-0.4, -0.2) is 11.7 Å². The van der Waals surface area contributed by atoms with Crippen LogP contribution < -0.4 is 4.74 Å². The van der Waals surface area contributed by atoms with Crippen LogP contribution in [-0.2, 0) is 0 Å². The zero-order chi connectivity index (χ0) is 14.7. The van der Waals surface area contributed by atoms with Gasteiger partial charge in [0.05, 0.1) is 16.7 Å². The summed E-state index contributed by atoms with van der Waals surface area (Å²) in [6, 6.07) is 10.7. The standard InChI is InChI=1S/C15H13BrCl2O2/c1-2-20-13-7-6-9(16)8-11(13)15(19)10-4-3-5-12(17)14(10)18/h3-8,15,19H,2H2,1H3. The molecule has 1 unspecified atom stereocenters. The second-order valence-corrected chi connectivity index (χ2v) is 5.86. The molecule has 0 fully saturated rings. The summed E-state index contributed by atoms with van der Waals surface area (Å²) in [6.45, 7) is 2.41. The van der Waals surface area contributed by atoms with Crippen molar-refractivity contribution in [3.05, 3.63) is 62.0 Å². The van der Waals surface area contributed by atoms with Gasteiger partial charge >= 0.3 is 0 Å². The smallest absolute Gasteiger partial charge is 0.125 e. The van der Waals surface area contributed by atoms with Crippen LogP contribution in [0.2, 0.25) is 10.0 Å². The van der Waals surface area contributed by atoms with Crippen molar-refractivity contribution in [2.45, 2.75) is 13.0 Å². The lowest BCUT2D eigenvalue weighted by atomic mass is 10.0. The molecule has 0 aliphatic rings. The molecule has 0 spiro atoms. The minimum absolute atomic E-state index is 0.351. The van der Waals surface area contributed by atoms with Crippen molar-refractivity contribution < 1.29 is 9.84 Å². The molecule has 2 aromatic carbocycles. The number of aliphatic hydroxyl groups excluding tert-OH is 1. The Morgan fingerprint density at radius 3 is 2.65 bits per heavy atom. The fourth-order valence-corrected chi connectivity index (χ4v) is 2.71. The number of rotatable bonds is 4. The van der Waals surface area contributed by atoms with Crippen molar-refractivity contribution in [3.63, 3.8) is 0 Å². The van der Waals surface area contributed by atoms with Gasteiger partial charge in [-0.15, -0.1) is 0 Å². The molecule has 0 bridgehead atoms. The summed E-state index contributed by atoms with van der Waals surface area (Å²) < 4.78 is 6.40.